The molecule has 2 aliphatic rings. The van der Waals surface area contributed by atoms with E-state index in [-0.39, 0.29) is 17.6 Å². The Morgan fingerprint density at radius 1 is 1.32 bits per heavy atom. The predicted molar refractivity (Wildman–Crippen MR) is 85.3 cm³/mol. The molecule has 0 aromatic heterocycles. The quantitative estimate of drug-likeness (QED) is 0.670. The van der Waals surface area contributed by atoms with Gasteiger partial charge < -0.3 is 9.84 Å². The standard InChI is InChI=1S/C19H24O3/c1-19(21)12-15(16-9-10-17(19)18(16)20)8-5-11-22-13-14-6-3-2-4-7-14/h2-4,6-8,16-17,21H,5,9-13H2,1H3/b15-8+/t16-,17-,19-/m0/s1. The van der Waals surface area contributed by atoms with E-state index in [4.69, 9.17) is 4.74 Å². The van der Waals surface area contributed by atoms with Crippen molar-refractivity contribution in [1.82, 2.24) is 0 Å². The summed E-state index contributed by atoms with van der Waals surface area (Å²) in [6.07, 6.45) is 5.28. The molecule has 2 aliphatic carbocycles. The molecule has 2 saturated carbocycles. The van der Waals surface area contributed by atoms with E-state index in [1.165, 1.54) is 5.56 Å². The first-order valence-corrected chi connectivity index (χ1v) is 8.14. The molecule has 118 valence electrons. The third-order valence-electron chi connectivity index (χ3n) is 4.97. The van der Waals surface area contributed by atoms with Crippen LogP contribution in [-0.2, 0) is 16.1 Å². The molecule has 0 unspecified atom stereocenters. The molecule has 3 rings (SSSR count). The maximum Gasteiger partial charge on any atom is 0.145 e. The SMILES string of the molecule is C[C@]1(O)C/C(=C\CCOCc2ccccc2)[C@@H]2CC[C@H]1C2=O. The summed E-state index contributed by atoms with van der Waals surface area (Å²) in [7, 11) is 0. The first-order valence-electron chi connectivity index (χ1n) is 8.14. The van der Waals surface area contributed by atoms with E-state index in [0.29, 0.717) is 19.6 Å². The van der Waals surface area contributed by atoms with Crippen LogP contribution in [0.25, 0.3) is 0 Å². The number of carbonyl (C=O) groups is 1. The Bertz CT molecular complexity index is 559. The number of hydrogen-bond donors (Lipinski definition) is 1. The van der Waals surface area contributed by atoms with Gasteiger partial charge in [0, 0.05) is 11.8 Å². The predicted octanol–water partition coefficient (Wildman–Crippen LogP) is 3.27. The first-order chi connectivity index (χ1) is 10.6. The minimum absolute atomic E-state index is 0.0550. The highest BCUT2D eigenvalue weighted by atomic mass is 16.5. The maximum absolute atomic E-state index is 12.3. The van der Waals surface area contributed by atoms with E-state index < -0.39 is 5.60 Å². The van der Waals surface area contributed by atoms with Crippen molar-refractivity contribution in [2.45, 2.75) is 44.8 Å². The number of aliphatic hydroxyl groups is 1. The van der Waals surface area contributed by atoms with E-state index in [1.807, 2.05) is 30.3 Å². The number of carbonyl (C=O) groups excluding carboxylic acids is 1. The minimum Gasteiger partial charge on any atom is -0.389 e. The Morgan fingerprint density at radius 2 is 2.09 bits per heavy atom. The van der Waals surface area contributed by atoms with Gasteiger partial charge in [0.25, 0.3) is 0 Å². The fourth-order valence-electron chi connectivity index (χ4n) is 3.81. The van der Waals surface area contributed by atoms with Crippen molar-refractivity contribution in [3.05, 3.63) is 47.5 Å². The second kappa shape index (κ2) is 6.35. The van der Waals surface area contributed by atoms with Gasteiger partial charge in [-0.25, -0.2) is 0 Å². The molecule has 1 N–H and O–H groups in total. The molecule has 0 aliphatic heterocycles. The van der Waals surface area contributed by atoms with E-state index in [9.17, 15) is 9.90 Å². The highest BCUT2D eigenvalue weighted by Gasteiger charge is 2.50. The van der Waals surface area contributed by atoms with E-state index in [0.717, 1.165) is 24.8 Å². The van der Waals surface area contributed by atoms with Gasteiger partial charge in [-0.1, -0.05) is 42.0 Å². The van der Waals surface area contributed by atoms with Crippen LogP contribution >= 0.6 is 0 Å². The van der Waals surface area contributed by atoms with Crippen LogP contribution in [0.3, 0.4) is 0 Å². The number of ether oxygens (including phenoxy) is 1. The van der Waals surface area contributed by atoms with Crippen LogP contribution in [0.15, 0.2) is 42.0 Å². The summed E-state index contributed by atoms with van der Waals surface area (Å²) in [4.78, 5) is 12.3. The first kappa shape index (κ1) is 15.4. The summed E-state index contributed by atoms with van der Waals surface area (Å²) in [5.74, 6) is 0.149. The molecular formula is C19H24O3. The molecule has 0 saturated heterocycles. The van der Waals surface area contributed by atoms with Crippen molar-refractivity contribution in [3.8, 4) is 0 Å². The Hall–Kier alpha value is -1.45. The van der Waals surface area contributed by atoms with Crippen molar-refractivity contribution >= 4 is 5.78 Å². The average molecular weight is 300 g/mol. The van der Waals surface area contributed by atoms with Crippen LogP contribution in [0, 0.1) is 11.8 Å². The number of Topliss-reactive ketones (excluding diaryl/α,β-unsaturated/α-hetero) is 1. The van der Waals surface area contributed by atoms with Gasteiger partial charge in [0.15, 0.2) is 0 Å². The van der Waals surface area contributed by atoms with Gasteiger partial charge in [-0.15, -0.1) is 0 Å². The minimum atomic E-state index is -0.860. The molecule has 2 bridgehead atoms. The lowest BCUT2D eigenvalue weighted by Crippen LogP contribution is -2.43. The Morgan fingerprint density at radius 3 is 2.86 bits per heavy atom. The third kappa shape index (κ3) is 3.16. The summed E-state index contributed by atoms with van der Waals surface area (Å²) >= 11 is 0. The van der Waals surface area contributed by atoms with Gasteiger partial charge in [-0.3, -0.25) is 4.79 Å². The van der Waals surface area contributed by atoms with Crippen molar-refractivity contribution < 1.29 is 14.6 Å². The van der Waals surface area contributed by atoms with Gasteiger partial charge in [0.05, 0.1) is 18.8 Å². The van der Waals surface area contributed by atoms with E-state index in [2.05, 4.69) is 6.08 Å². The second-order valence-electron chi connectivity index (χ2n) is 6.72. The molecule has 0 amide bonds. The highest BCUT2D eigenvalue weighted by molar-refractivity contribution is 5.90. The van der Waals surface area contributed by atoms with E-state index >= 15 is 0 Å². The zero-order valence-electron chi connectivity index (χ0n) is 13.1. The molecule has 3 atom stereocenters. The molecule has 2 fully saturated rings. The second-order valence-corrected chi connectivity index (χ2v) is 6.72. The fraction of sp³-hybridized carbons (Fsp3) is 0.526. The zero-order valence-corrected chi connectivity index (χ0v) is 13.1. The molecule has 1 aromatic carbocycles. The van der Waals surface area contributed by atoms with Crippen LogP contribution in [-0.4, -0.2) is 23.1 Å². The summed E-state index contributed by atoms with van der Waals surface area (Å²) in [5, 5.41) is 10.5. The summed E-state index contributed by atoms with van der Waals surface area (Å²) in [6, 6.07) is 10.1. The topological polar surface area (TPSA) is 46.5 Å². The Kier molecular flexibility index (Phi) is 4.46. The summed E-state index contributed by atoms with van der Waals surface area (Å²) in [6.45, 7) is 3.06. The largest absolute Gasteiger partial charge is 0.389 e. The van der Waals surface area contributed by atoms with Crippen LogP contribution < -0.4 is 0 Å². The van der Waals surface area contributed by atoms with Crippen molar-refractivity contribution in [2.75, 3.05) is 6.61 Å². The van der Waals surface area contributed by atoms with Crippen molar-refractivity contribution in [3.63, 3.8) is 0 Å². The highest BCUT2D eigenvalue weighted by Crippen LogP contribution is 2.47. The molecule has 3 nitrogen and oxygen atoms in total. The normalized spacial score (nSPS) is 32.6. The lowest BCUT2D eigenvalue weighted by atomic mass is 9.73. The lowest BCUT2D eigenvalue weighted by Gasteiger charge is -2.35. The molecular weight excluding hydrogens is 276 g/mol. The van der Waals surface area contributed by atoms with Crippen LogP contribution in [0.2, 0.25) is 0 Å². The zero-order chi connectivity index (χ0) is 15.6. The molecule has 0 heterocycles. The molecule has 1 aromatic rings. The number of ketones is 1. The van der Waals surface area contributed by atoms with Crippen molar-refractivity contribution in [1.29, 1.82) is 0 Å². The molecule has 3 heteroatoms. The van der Waals surface area contributed by atoms with Gasteiger partial charge in [0.2, 0.25) is 0 Å². The summed E-state index contributed by atoms with van der Waals surface area (Å²) in [5.41, 5.74) is 1.43. The van der Waals surface area contributed by atoms with Gasteiger partial charge in [-0.2, -0.15) is 0 Å². The summed E-state index contributed by atoms with van der Waals surface area (Å²) < 4.78 is 5.68. The van der Waals surface area contributed by atoms with Crippen LogP contribution in [0.1, 0.15) is 38.2 Å². The third-order valence-corrected chi connectivity index (χ3v) is 4.97. The maximum atomic E-state index is 12.3. The molecule has 22 heavy (non-hydrogen) atoms. The van der Waals surface area contributed by atoms with Crippen LogP contribution in [0.4, 0.5) is 0 Å². The van der Waals surface area contributed by atoms with Gasteiger partial charge in [0.1, 0.15) is 5.78 Å². The number of benzene rings is 1. The monoisotopic (exact) mass is 300 g/mol. The number of fused-ring (bicyclic) bond motifs is 2. The average Bonchev–Trinajstić information content (AvgIpc) is 2.82. The van der Waals surface area contributed by atoms with Gasteiger partial charge in [-0.05, 0) is 38.2 Å². The molecule has 0 spiro atoms. The van der Waals surface area contributed by atoms with Crippen molar-refractivity contribution in [2.24, 2.45) is 11.8 Å². The number of hydrogen-bond acceptors (Lipinski definition) is 3. The number of rotatable bonds is 5. The Labute approximate surface area is 132 Å². The van der Waals surface area contributed by atoms with E-state index in [1.54, 1.807) is 6.92 Å². The smallest absolute Gasteiger partial charge is 0.145 e. The fourth-order valence-corrected chi connectivity index (χ4v) is 3.81. The molecule has 0 radical (unpaired) electrons. The lowest BCUT2D eigenvalue weighted by molar-refractivity contribution is -0.133. The Balaban J connectivity index is 1.51. The van der Waals surface area contributed by atoms with Crippen LogP contribution in [0.5, 0.6) is 0 Å². The van der Waals surface area contributed by atoms with Gasteiger partial charge >= 0.3 is 0 Å².